The van der Waals surface area contributed by atoms with E-state index in [1.807, 2.05) is 55.5 Å². The quantitative estimate of drug-likeness (QED) is 0.0731. The number of benzene rings is 2. The Morgan fingerprint density at radius 1 is 0.943 bits per heavy atom. The predicted octanol–water partition coefficient (Wildman–Crippen LogP) is 4.72. The van der Waals surface area contributed by atoms with Gasteiger partial charge in [0.25, 0.3) is 10.2 Å². The highest BCUT2D eigenvalue weighted by Crippen LogP contribution is 2.30. The van der Waals surface area contributed by atoms with Crippen molar-refractivity contribution in [3.05, 3.63) is 96.5 Å². The molecular weight excluding hydrogens is 698 g/mol. The zero-order chi connectivity index (χ0) is 38.7. The third-order valence-corrected chi connectivity index (χ3v) is 8.47. The molecule has 1 unspecified atom stereocenters. The first-order chi connectivity index (χ1) is 25.3. The number of esters is 1. The number of carbonyl (C=O) groups is 2. The van der Waals surface area contributed by atoms with Crippen LogP contribution in [-0.2, 0) is 43.6 Å². The van der Waals surface area contributed by atoms with Gasteiger partial charge < -0.3 is 28.1 Å². The van der Waals surface area contributed by atoms with Gasteiger partial charge in [0.1, 0.15) is 18.2 Å². The molecule has 2 aromatic carbocycles. The van der Waals surface area contributed by atoms with Crippen LogP contribution >= 0.6 is 0 Å². The highest BCUT2D eigenvalue weighted by atomic mass is 17.0. The summed E-state index contributed by atoms with van der Waals surface area (Å²) in [7, 11) is 0. The number of aromatic amines is 1. The molecule has 4 atom stereocenters. The van der Waals surface area contributed by atoms with Crippen molar-refractivity contribution in [3.8, 4) is 22.5 Å². The Morgan fingerprint density at radius 3 is 2.21 bits per heavy atom. The molecular formula is C34H41N7O12. The normalized spacial score (nSPS) is 13.5. The maximum atomic E-state index is 13.8. The van der Waals surface area contributed by atoms with Gasteiger partial charge in [0.2, 0.25) is 11.7 Å². The van der Waals surface area contributed by atoms with Crippen molar-refractivity contribution in [2.45, 2.75) is 91.7 Å². The number of unbranched alkanes of at least 4 members (excludes halogenated alkanes) is 1. The van der Waals surface area contributed by atoms with Gasteiger partial charge in [0, 0.05) is 24.9 Å². The van der Waals surface area contributed by atoms with Crippen molar-refractivity contribution in [2.75, 3.05) is 0 Å². The van der Waals surface area contributed by atoms with Gasteiger partial charge in [-0.05, 0) is 47.1 Å². The number of H-pyrrole nitrogens is 1. The van der Waals surface area contributed by atoms with Gasteiger partial charge in [0.05, 0.1) is 0 Å². The molecule has 19 nitrogen and oxygen atoms in total. The summed E-state index contributed by atoms with van der Waals surface area (Å²) < 4.78 is 15.9. The second-order valence-electron chi connectivity index (χ2n) is 12.7. The number of aromatic nitrogens is 4. The van der Waals surface area contributed by atoms with Gasteiger partial charge in [0.15, 0.2) is 18.1 Å². The van der Waals surface area contributed by atoms with E-state index in [0.717, 1.165) is 28.7 Å². The molecule has 0 saturated heterocycles. The molecule has 0 fully saturated rings. The highest BCUT2D eigenvalue weighted by Gasteiger charge is 2.35. The van der Waals surface area contributed by atoms with E-state index in [9.17, 15) is 34.6 Å². The molecule has 0 aliphatic heterocycles. The maximum absolute atomic E-state index is 13.8. The van der Waals surface area contributed by atoms with E-state index in [1.165, 1.54) is 18.7 Å². The summed E-state index contributed by atoms with van der Waals surface area (Å²) in [5.41, 5.74) is 3.29. The van der Waals surface area contributed by atoms with Crippen LogP contribution in [0.15, 0.2) is 62.2 Å². The topological polar surface area (TPSA) is 249 Å². The third kappa shape index (κ3) is 10.7. The lowest BCUT2D eigenvalue weighted by Crippen LogP contribution is -2.48. The lowest BCUT2D eigenvalue weighted by molar-refractivity contribution is -0.799. The van der Waals surface area contributed by atoms with Crippen molar-refractivity contribution in [1.82, 2.24) is 25.5 Å². The van der Waals surface area contributed by atoms with Gasteiger partial charge in [-0.15, -0.1) is 30.4 Å². The fourth-order valence-corrected chi connectivity index (χ4v) is 5.94. The number of amides is 1. The lowest BCUT2D eigenvalue weighted by atomic mass is 9.95. The van der Waals surface area contributed by atoms with Crippen molar-refractivity contribution >= 4 is 11.9 Å². The van der Waals surface area contributed by atoms with Crippen LogP contribution in [0.1, 0.15) is 71.0 Å². The van der Waals surface area contributed by atoms with E-state index < -0.39 is 58.7 Å². The standard InChI is InChI=1S/C34H41N7O12/c1-6-7-12-29(42)39(18-23-13-15-24(16-14-23)25-10-8-9-11-26(25)32-35-37-38-36-32)30(20(2)3)33(43)49-19-28-27(50-34(44)51-28)17-21(4)31(53-41(47)48)22(5)52-40(45)46/h8-11,13-16,20-22,30-31H,6-7,12,17-19H2,1-5H3,(H,35,36,37,38)/t21?,22-,30-,31-/m0/s1. The van der Waals surface area contributed by atoms with Crippen LogP contribution in [0.5, 0.6) is 0 Å². The SMILES string of the molecule is CCCCC(=O)N(Cc1ccc(-c2ccccc2-c2nn[nH]n2)cc1)[C@H](C(=O)OCc1oc(=O)oc1CC(C)[C@H](O[N+](=O)[O-])[C@H](C)O[N+](=O)[O-])C(C)C. The van der Waals surface area contributed by atoms with Crippen LogP contribution < -0.4 is 5.82 Å². The van der Waals surface area contributed by atoms with Crippen molar-refractivity contribution in [1.29, 1.82) is 0 Å². The first-order valence-electron chi connectivity index (χ1n) is 16.9. The van der Waals surface area contributed by atoms with Crippen LogP contribution in [0.2, 0.25) is 0 Å². The third-order valence-electron chi connectivity index (χ3n) is 8.47. The van der Waals surface area contributed by atoms with Gasteiger partial charge in [-0.25, -0.2) is 9.59 Å². The monoisotopic (exact) mass is 739 g/mol. The molecule has 0 aliphatic carbocycles. The number of hydrogen-bond donors (Lipinski definition) is 1. The molecule has 53 heavy (non-hydrogen) atoms. The molecule has 0 radical (unpaired) electrons. The summed E-state index contributed by atoms with van der Waals surface area (Å²) in [6.45, 7) is 7.72. The van der Waals surface area contributed by atoms with Gasteiger partial charge >= 0.3 is 11.8 Å². The van der Waals surface area contributed by atoms with Crippen molar-refractivity contribution in [2.24, 2.45) is 11.8 Å². The van der Waals surface area contributed by atoms with Gasteiger partial charge in [-0.2, -0.15) is 5.21 Å². The fraction of sp³-hybridized carbons (Fsp3) is 0.471. The molecule has 0 aliphatic rings. The number of rotatable bonds is 20. The van der Waals surface area contributed by atoms with E-state index in [2.05, 4.69) is 30.3 Å². The number of ether oxygens (including phenoxy) is 1. The number of tetrazole rings is 1. The molecule has 4 rings (SSSR count). The largest absolute Gasteiger partial charge is 0.519 e. The molecule has 0 saturated carbocycles. The molecule has 284 valence electrons. The molecule has 1 N–H and O–H groups in total. The number of carbonyl (C=O) groups excluding carboxylic acids is 2. The summed E-state index contributed by atoms with van der Waals surface area (Å²) in [5.74, 6) is -3.26. The Bertz CT molecular complexity index is 1890. The van der Waals surface area contributed by atoms with Gasteiger partial charge in [-0.3, -0.25) is 4.79 Å². The Labute approximate surface area is 302 Å². The van der Waals surface area contributed by atoms with E-state index in [0.29, 0.717) is 12.2 Å². The van der Waals surface area contributed by atoms with Crippen LogP contribution in [0, 0.1) is 32.1 Å². The molecule has 0 spiro atoms. The van der Waals surface area contributed by atoms with Crippen LogP contribution in [0.25, 0.3) is 22.5 Å². The minimum Gasteiger partial charge on any atom is -0.456 e. The second kappa shape index (κ2) is 18.4. The van der Waals surface area contributed by atoms with Crippen LogP contribution in [-0.4, -0.2) is 65.8 Å². The fourth-order valence-electron chi connectivity index (χ4n) is 5.94. The van der Waals surface area contributed by atoms with Gasteiger partial charge in [-0.1, -0.05) is 82.6 Å². The van der Waals surface area contributed by atoms with E-state index >= 15 is 0 Å². The van der Waals surface area contributed by atoms with E-state index in [4.69, 9.17) is 13.6 Å². The minimum atomic E-state index is -1.44. The first-order valence-corrected chi connectivity index (χ1v) is 16.9. The molecule has 2 heterocycles. The molecule has 4 aromatic rings. The summed E-state index contributed by atoms with van der Waals surface area (Å²) in [6, 6.07) is 14.1. The zero-order valence-electron chi connectivity index (χ0n) is 29.8. The van der Waals surface area contributed by atoms with Crippen LogP contribution in [0.4, 0.5) is 0 Å². The Balaban J connectivity index is 1.53. The maximum Gasteiger partial charge on any atom is 0.519 e. The summed E-state index contributed by atoms with van der Waals surface area (Å²) >= 11 is 0. The van der Waals surface area contributed by atoms with E-state index in [1.54, 1.807) is 13.8 Å². The number of hydrogen-bond acceptors (Lipinski definition) is 15. The molecule has 2 aromatic heterocycles. The molecule has 19 heteroatoms. The predicted molar refractivity (Wildman–Crippen MR) is 183 cm³/mol. The average molecular weight is 740 g/mol. The second-order valence-corrected chi connectivity index (χ2v) is 12.7. The minimum absolute atomic E-state index is 0.0963. The average Bonchev–Trinajstić information content (AvgIpc) is 3.77. The molecule has 0 bridgehead atoms. The van der Waals surface area contributed by atoms with E-state index in [-0.39, 0.29) is 36.8 Å². The first kappa shape index (κ1) is 39.6. The number of nitrogens with zero attached hydrogens (tertiary/aromatic N) is 6. The number of nitrogens with one attached hydrogen (secondary N) is 1. The van der Waals surface area contributed by atoms with Crippen molar-refractivity contribution in [3.63, 3.8) is 0 Å². The Kier molecular flexibility index (Phi) is 13.7. The summed E-state index contributed by atoms with van der Waals surface area (Å²) in [6.07, 6.45) is -1.46. The zero-order valence-corrected chi connectivity index (χ0v) is 29.8. The Morgan fingerprint density at radius 2 is 1.60 bits per heavy atom. The summed E-state index contributed by atoms with van der Waals surface area (Å²) in [5, 5.41) is 34.0. The molecule has 1 amide bonds. The van der Waals surface area contributed by atoms with Crippen LogP contribution in [0.3, 0.4) is 0 Å². The smallest absolute Gasteiger partial charge is 0.456 e. The van der Waals surface area contributed by atoms with Crippen molar-refractivity contribution < 1.29 is 43.0 Å². The Hall–Kier alpha value is -6.14. The summed E-state index contributed by atoms with van der Waals surface area (Å²) in [4.78, 5) is 72.0. The highest BCUT2D eigenvalue weighted by molar-refractivity contribution is 5.85. The lowest BCUT2D eigenvalue weighted by Gasteiger charge is -2.33.